The van der Waals surface area contributed by atoms with Gasteiger partial charge in [-0.1, -0.05) is 24.2 Å². The van der Waals surface area contributed by atoms with Crippen LogP contribution in [0.5, 0.6) is 5.75 Å². The molecule has 1 aromatic heterocycles. The van der Waals surface area contributed by atoms with Crippen LogP contribution in [0.3, 0.4) is 0 Å². The molecule has 2 heterocycles. The SMILES string of the molecule is COc1ccc(Cc2noc([C@@H]3OCC[C@@H]3C)n2)cc1. The first-order valence-electron chi connectivity index (χ1n) is 6.83. The summed E-state index contributed by atoms with van der Waals surface area (Å²) in [6.07, 6.45) is 1.64. The Balaban J connectivity index is 1.70. The van der Waals surface area contributed by atoms with E-state index in [1.807, 2.05) is 24.3 Å². The molecule has 0 spiro atoms. The van der Waals surface area contributed by atoms with Crippen LogP contribution in [0.15, 0.2) is 28.8 Å². The van der Waals surface area contributed by atoms with Gasteiger partial charge in [-0.2, -0.15) is 4.98 Å². The Labute approximate surface area is 117 Å². The Hall–Kier alpha value is -1.88. The summed E-state index contributed by atoms with van der Waals surface area (Å²) in [7, 11) is 1.66. The zero-order chi connectivity index (χ0) is 13.9. The topological polar surface area (TPSA) is 57.4 Å². The molecule has 1 saturated heterocycles. The number of rotatable bonds is 4. The van der Waals surface area contributed by atoms with Crippen molar-refractivity contribution < 1.29 is 14.0 Å². The molecule has 0 N–H and O–H groups in total. The summed E-state index contributed by atoms with van der Waals surface area (Å²) in [4.78, 5) is 4.45. The lowest BCUT2D eigenvalue weighted by atomic mass is 10.0. The minimum absolute atomic E-state index is 0.0490. The van der Waals surface area contributed by atoms with Crippen molar-refractivity contribution in [3.63, 3.8) is 0 Å². The van der Waals surface area contributed by atoms with Crippen molar-refractivity contribution in [2.75, 3.05) is 13.7 Å². The summed E-state index contributed by atoms with van der Waals surface area (Å²) >= 11 is 0. The van der Waals surface area contributed by atoms with Crippen LogP contribution in [0.2, 0.25) is 0 Å². The zero-order valence-electron chi connectivity index (χ0n) is 11.7. The Bertz CT molecular complexity index is 565. The van der Waals surface area contributed by atoms with Gasteiger partial charge < -0.3 is 14.0 Å². The summed E-state index contributed by atoms with van der Waals surface area (Å²) in [6.45, 7) is 2.91. The summed E-state index contributed by atoms with van der Waals surface area (Å²) in [6, 6.07) is 7.87. The van der Waals surface area contributed by atoms with Crippen molar-refractivity contribution in [2.24, 2.45) is 5.92 Å². The van der Waals surface area contributed by atoms with Gasteiger partial charge in [-0.15, -0.1) is 0 Å². The normalized spacial score (nSPS) is 22.1. The predicted octanol–water partition coefficient (Wildman–Crippen LogP) is 2.77. The van der Waals surface area contributed by atoms with Crippen LogP contribution in [-0.2, 0) is 11.2 Å². The third kappa shape index (κ3) is 2.67. The van der Waals surface area contributed by atoms with Gasteiger partial charge in [-0.05, 0) is 30.0 Å². The summed E-state index contributed by atoms with van der Waals surface area (Å²) in [5.74, 6) is 2.56. The molecule has 1 aliphatic heterocycles. The second kappa shape index (κ2) is 5.63. The minimum Gasteiger partial charge on any atom is -0.497 e. The molecule has 20 heavy (non-hydrogen) atoms. The Morgan fingerprint density at radius 3 is 2.75 bits per heavy atom. The number of hydrogen-bond acceptors (Lipinski definition) is 5. The van der Waals surface area contributed by atoms with Gasteiger partial charge >= 0.3 is 0 Å². The molecule has 0 bridgehead atoms. The molecule has 5 heteroatoms. The highest BCUT2D eigenvalue weighted by molar-refractivity contribution is 5.28. The van der Waals surface area contributed by atoms with E-state index in [1.54, 1.807) is 7.11 Å². The van der Waals surface area contributed by atoms with E-state index in [4.69, 9.17) is 14.0 Å². The molecule has 106 valence electrons. The van der Waals surface area contributed by atoms with Gasteiger partial charge in [-0.25, -0.2) is 0 Å². The van der Waals surface area contributed by atoms with Crippen molar-refractivity contribution in [1.29, 1.82) is 0 Å². The lowest BCUT2D eigenvalue weighted by molar-refractivity contribution is 0.0661. The quantitative estimate of drug-likeness (QED) is 0.858. The highest BCUT2D eigenvalue weighted by Crippen LogP contribution is 2.33. The average molecular weight is 274 g/mol. The second-order valence-corrected chi connectivity index (χ2v) is 5.13. The average Bonchev–Trinajstić information content (AvgIpc) is 3.08. The van der Waals surface area contributed by atoms with E-state index in [-0.39, 0.29) is 6.10 Å². The monoisotopic (exact) mass is 274 g/mol. The first-order chi connectivity index (χ1) is 9.76. The first-order valence-corrected chi connectivity index (χ1v) is 6.83. The van der Waals surface area contributed by atoms with Gasteiger partial charge in [0.1, 0.15) is 11.9 Å². The fraction of sp³-hybridized carbons (Fsp3) is 0.467. The van der Waals surface area contributed by atoms with Crippen LogP contribution in [0, 0.1) is 5.92 Å². The van der Waals surface area contributed by atoms with Crippen LogP contribution < -0.4 is 4.74 Å². The zero-order valence-corrected chi connectivity index (χ0v) is 11.7. The maximum Gasteiger partial charge on any atom is 0.256 e. The first kappa shape index (κ1) is 13.1. The van der Waals surface area contributed by atoms with E-state index in [0.29, 0.717) is 24.1 Å². The number of benzene rings is 1. The lowest BCUT2D eigenvalue weighted by Crippen LogP contribution is -2.04. The molecule has 1 aromatic carbocycles. The summed E-state index contributed by atoms with van der Waals surface area (Å²) < 4.78 is 16.1. The fourth-order valence-electron chi connectivity index (χ4n) is 2.39. The van der Waals surface area contributed by atoms with Gasteiger partial charge in [0.05, 0.1) is 7.11 Å². The molecular weight excluding hydrogens is 256 g/mol. The third-order valence-electron chi connectivity index (χ3n) is 3.64. The number of hydrogen-bond donors (Lipinski definition) is 0. The highest BCUT2D eigenvalue weighted by atomic mass is 16.5. The largest absolute Gasteiger partial charge is 0.497 e. The summed E-state index contributed by atoms with van der Waals surface area (Å²) in [5.41, 5.74) is 1.12. The van der Waals surface area contributed by atoms with E-state index in [9.17, 15) is 0 Å². The maximum absolute atomic E-state index is 5.63. The maximum atomic E-state index is 5.63. The smallest absolute Gasteiger partial charge is 0.256 e. The number of aromatic nitrogens is 2. The van der Waals surface area contributed by atoms with Crippen molar-refractivity contribution in [1.82, 2.24) is 10.1 Å². The predicted molar refractivity (Wildman–Crippen MR) is 72.6 cm³/mol. The van der Waals surface area contributed by atoms with Gasteiger partial charge in [0.2, 0.25) is 0 Å². The molecule has 0 aliphatic carbocycles. The van der Waals surface area contributed by atoms with Crippen LogP contribution in [0.1, 0.15) is 36.7 Å². The molecule has 1 aliphatic rings. The molecule has 3 rings (SSSR count). The minimum atomic E-state index is -0.0490. The van der Waals surface area contributed by atoms with Crippen molar-refractivity contribution in [3.8, 4) is 5.75 Å². The van der Waals surface area contributed by atoms with Crippen LogP contribution in [-0.4, -0.2) is 23.9 Å². The standard InChI is InChI=1S/C15H18N2O3/c1-10-7-8-19-14(10)15-16-13(17-20-15)9-11-3-5-12(18-2)6-4-11/h3-6,10,14H,7-9H2,1-2H3/t10-,14+/m0/s1. The molecule has 0 amide bonds. The Morgan fingerprint density at radius 1 is 1.30 bits per heavy atom. The van der Waals surface area contributed by atoms with E-state index >= 15 is 0 Å². The fourth-order valence-corrected chi connectivity index (χ4v) is 2.39. The summed E-state index contributed by atoms with van der Waals surface area (Å²) in [5, 5.41) is 4.04. The molecule has 0 radical (unpaired) electrons. The van der Waals surface area contributed by atoms with E-state index in [2.05, 4.69) is 17.1 Å². The number of methoxy groups -OCH3 is 1. The Morgan fingerprint density at radius 2 is 2.10 bits per heavy atom. The highest BCUT2D eigenvalue weighted by Gasteiger charge is 2.30. The molecule has 0 unspecified atom stereocenters. The number of nitrogens with zero attached hydrogens (tertiary/aromatic N) is 2. The van der Waals surface area contributed by atoms with Crippen molar-refractivity contribution in [3.05, 3.63) is 41.5 Å². The van der Waals surface area contributed by atoms with Gasteiger partial charge in [0.25, 0.3) is 5.89 Å². The van der Waals surface area contributed by atoms with Crippen LogP contribution in [0.4, 0.5) is 0 Å². The van der Waals surface area contributed by atoms with Crippen LogP contribution >= 0.6 is 0 Å². The van der Waals surface area contributed by atoms with Crippen molar-refractivity contribution >= 4 is 0 Å². The lowest BCUT2D eigenvalue weighted by Gasteiger charge is -2.07. The van der Waals surface area contributed by atoms with Gasteiger partial charge in [0, 0.05) is 13.0 Å². The van der Waals surface area contributed by atoms with E-state index < -0.39 is 0 Å². The Kier molecular flexibility index (Phi) is 3.69. The molecule has 0 saturated carbocycles. The molecule has 1 fully saturated rings. The van der Waals surface area contributed by atoms with Crippen molar-refractivity contribution in [2.45, 2.75) is 25.9 Å². The molecule has 5 nitrogen and oxygen atoms in total. The molecule has 2 atom stereocenters. The van der Waals surface area contributed by atoms with Crippen LogP contribution in [0.25, 0.3) is 0 Å². The van der Waals surface area contributed by atoms with Gasteiger partial charge in [-0.3, -0.25) is 0 Å². The third-order valence-corrected chi connectivity index (χ3v) is 3.64. The van der Waals surface area contributed by atoms with E-state index in [0.717, 1.165) is 24.3 Å². The van der Waals surface area contributed by atoms with Gasteiger partial charge in [0.15, 0.2) is 5.82 Å². The number of ether oxygens (including phenoxy) is 2. The molecular formula is C15H18N2O3. The second-order valence-electron chi connectivity index (χ2n) is 5.13. The molecule has 2 aromatic rings. The van der Waals surface area contributed by atoms with E-state index in [1.165, 1.54) is 0 Å².